The number of anilines is 2. The summed E-state index contributed by atoms with van der Waals surface area (Å²) in [6.45, 7) is 3.94. The predicted octanol–water partition coefficient (Wildman–Crippen LogP) is 4.60. The minimum Gasteiger partial charge on any atom is -0.462 e. The summed E-state index contributed by atoms with van der Waals surface area (Å²) in [4.78, 5) is 16.0. The number of esters is 1. The van der Waals surface area contributed by atoms with Crippen molar-refractivity contribution >= 4 is 28.2 Å². The van der Waals surface area contributed by atoms with E-state index < -0.39 is 0 Å². The fourth-order valence-corrected chi connectivity index (χ4v) is 2.56. The van der Waals surface area contributed by atoms with Gasteiger partial charge in [-0.05, 0) is 61.9 Å². The molecule has 1 aromatic heterocycles. The number of nitrogens with zero attached hydrogens (tertiary/aromatic N) is 1. The van der Waals surface area contributed by atoms with Crippen LogP contribution in [0.2, 0.25) is 0 Å². The van der Waals surface area contributed by atoms with Crippen LogP contribution in [0.15, 0.2) is 48.7 Å². The minimum atomic E-state index is -0.351. The van der Waals surface area contributed by atoms with Gasteiger partial charge in [0, 0.05) is 23.0 Å². The maximum atomic E-state index is 13.7. The molecule has 3 aromatic rings. The second-order valence-electron chi connectivity index (χ2n) is 5.40. The molecule has 0 bridgehead atoms. The van der Waals surface area contributed by atoms with Gasteiger partial charge in [-0.3, -0.25) is 4.98 Å². The van der Waals surface area contributed by atoms with E-state index in [0.29, 0.717) is 17.6 Å². The highest BCUT2D eigenvalue weighted by atomic mass is 19.1. The summed E-state index contributed by atoms with van der Waals surface area (Å²) < 4.78 is 18.7. The van der Waals surface area contributed by atoms with Crippen molar-refractivity contribution in [3.63, 3.8) is 0 Å². The molecule has 1 heterocycles. The first-order chi connectivity index (χ1) is 11.6. The quantitative estimate of drug-likeness (QED) is 0.712. The van der Waals surface area contributed by atoms with Gasteiger partial charge < -0.3 is 10.1 Å². The molecule has 0 saturated heterocycles. The summed E-state index contributed by atoms with van der Waals surface area (Å²) in [5.74, 6) is -0.648. The zero-order valence-electron chi connectivity index (χ0n) is 13.5. The SMILES string of the molecule is CCOC(=O)c1ccc(Nc2ccnc3c(C)cc(F)cc23)cc1. The number of ether oxygens (including phenoxy) is 1. The first-order valence-corrected chi connectivity index (χ1v) is 7.67. The highest BCUT2D eigenvalue weighted by Gasteiger charge is 2.09. The normalized spacial score (nSPS) is 10.6. The predicted molar refractivity (Wildman–Crippen MR) is 92.1 cm³/mol. The van der Waals surface area contributed by atoms with Crippen molar-refractivity contribution in [1.29, 1.82) is 0 Å². The molecule has 0 amide bonds. The third-order valence-electron chi connectivity index (χ3n) is 3.68. The Bertz CT molecular complexity index is 892. The lowest BCUT2D eigenvalue weighted by Crippen LogP contribution is -2.04. The van der Waals surface area contributed by atoms with Gasteiger partial charge in [0.2, 0.25) is 0 Å². The van der Waals surface area contributed by atoms with Crippen molar-refractivity contribution in [3.05, 3.63) is 65.6 Å². The monoisotopic (exact) mass is 324 g/mol. The maximum Gasteiger partial charge on any atom is 0.338 e. The third-order valence-corrected chi connectivity index (χ3v) is 3.68. The Labute approximate surface area is 139 Å². The molecule has 0 fully saturated rings. The molecule has 0 aliphatic heterocycles. The van der Waals surface area contributed by atoms with Crippen molar-refractivity contribution < 1.29 is 13.9 Å². The second-order valence-corrected chi connectivity index (χ2v) is 5.40. The van der Waals surface area contributed by atoms with Gasteiger partial charge in [-0.2, -0.15) is 0 Å². The van der Waals surface area contributed by atoms with Gasteiger partial charge in [0.15, 0.2) is 0 Å². The zero-order chi connectivity index (χ0) is 17.1. The van der Waals surface area contributed by atoms with Crippen molar-refractivity contribution in [3.8, 4) is 0 Å². The van der Waals surface area contributed by atoms with Crippen molar-refractivity contribution in [2.75, 3.05) is 11.9 Å². The number of fused-ring (bicyclic) bond motifs is 1. The Kier molecular flexibility index (Phi) is 4.42. The summed E-state index contributed by atoms with van der Waals surface area (Å²) in [7, 11) is 0. The highest BCUT2D eigenvalue weighted by molar-refractivity contribution is 5.95. The molecule has 3 rings (SSSR count). The molecule has 0 radical (unpaired) electrons. The minimum absolute atomic E-state index is 0.297. The fourth-order valence-electron chi connectivity index (χ4n) is 2.56. The van der Waals surface area contributed by atoms with Crippen molar-refractivity contribution in [2.45, 2.75) is 13.8 Å². The van der Waals surface area contributed by atoms with Crippen LogP contribution in [0.1, 0.15) is 22.8 Å². The summed E-state index contributed by atoms with van der Waals surface area (Å²) in [5.41, 5.74) is 3.57. The van der Waals surface area contributed by atoms with E-state index in [2.05, 4.69) is 10.3 Å². The average Bonchev–Trinajstić information content (AvgIpc) is 2.56. The number of hydrogen-bond donors (Lipinski definition) is 1. The number of aryl methyl sites for hydroxylation is 1. The van der Waals surface area contributed by atoms with Crippen LogP contribution in [-0.4, -0.2) is 17.6 Å². The van der Waals surface area contributed by atoms with E-state index in [1.54, 1.807) is 43.5 Å². The first kappa shape index (κ1) is 15.9. The highest BCUT2D eigenvalue weighted by Crippen LogP contribution is 2.28. The van der Waals surface area contributed by atoms with Gasteiger partial charge in [0.1, 0.15) is 5.82 Å². The third kappa shape index (κ3) is 3.20. The summed E-state index contributed by atoms with van der Waals surface area (Å²) in [6.07, 6.45) is 1.68. The lowest BCUT2D eigenvalue weighted by atomic mass is 10.1. The number of pyridine rings is 1. The van der Waals surface area contributed by atoms with Gasteiger partial charge >= 0.3 is 5.97 Å². The van der Waals surface area contributed by atoms with E-state index in [-0.39, 0.29) is 11.8 Å². The number of nitrogens with one attached hydrogen (secondary N) is 1. The number of carbonyl (C=O) groups is 1. The molecular weight excluding hydrogens is 307 g/mol. The molecule has 0 saturated carbocycles. The van der Waals surface area contributed by atoms with Crippen molar-refractivity contribution in [1.82, 2.24) is 4.98 Å². The van der Waals surface area contributed by atoms with Crippen LogP contribution < -0.4 is 5.32 Å². The van der Waals surface area contributed by atoms with E-state index in [9.17, 15) is 9.18 Å². The fraction of sp³-hybridized carbons (Fsp3) is 0.158. The Hall–Kier alpha value is -2.95. The van der Waals surface area contributed by atoms with Crippen LogP contribution in [0.25, 0.3) is 10.9 Å². The largest absolute Gasteiger partial charge is 0.462 e. The Balaban J connectivity index is 1.91. The van der Waals surface area contributed by atoms with Gasteiger partial charge in [-0.15, -0.1) is 0 Å². The van der Waals surface area contributed by atoms with Crippen LogP contribution >= 0.6 is 0 Å². The molecule has 0 aliphatic carbocycles. The topological polar surface area (TPSA) is 51.2 Å². The molecule has 0 atom stereocenters. The van der Waals surface area contributed by atoms with Gasteiger partial charge in [-0.25, -0.2) is 9.18 Å². The van der Waals surface area contributed by atoms with E-state index in [4.69, 9.17) is 4.74 Å². The number of halogens is 1. The van der Waals surface area contributed by atoms with E-state index in [1.807, 2.05) is 6.92 Å². The van der Waals surface area contributed by atoms with Gasteiger partial charge in [-0.1, -0.05) is 0 Å². The number of rotatable bonds is 4. The van der Waals surface area contributed by atoms with Crippen LogP contribution in [0.4, 0.5) is 15.8 Å². The van der Waals surface area contributed by atoms with Gasteiger partial charge in [0.25, 0.3) is 0 Å². The Morgan fingerprint density at radius 2 is 1.96 bits per heavy atom. The Morgan fingerprint density at radius 3 is 2.67 bits per heavy atom. The number of aromatic nitrogens is 1. The molecule has 5 heteroatoms. The van der Waals surface area contributed by atoms with Crippen molar-refractivity contribution in [2.24, 2.45) is 0 Å². The Morgan fingerprint density at radius 1 is 1.21 bits per heavy atom. The van der Waals surface area contributed by atoms with E-state index >= 15 is 0 Å². The van der Waals surface area contributed by atoms with Crippen LogP contribution in [0, 0.1) is 12.7 Å². The smallest absolute Gasteiger partial charge is 0.338 e. The molecule has 1 N–H and O–H groups in total. The summed E-state index contributed by atoms with van der Waals surface area (Å²) in [5, 5.41) is 3.95. The first-order valence-electron chi connectivity index (χ1n) is 7.67. The number of hydrogen-bond acceptors (Lipinski definition) is 4. The zero-order valence-corrected chi connectivity index (χ0v) is 13.5. The molecule has 0 spiro atoms. The lowest BCUT2D eigenvalue weighted by Gasteiger charge is -2.11. The van der Waals surface area contributed by atoms with Crippen LogP contribution in [0.5, 0.6) is 0 Å². The molecule has 2 aromatic carbocycles. The summed E-state index contributed by atoms with van der Waals surface area (Å²) >= 11 is 0. The average molecular weight is 324 g/mol. The molecule has 0 aliphatic rings. The number of carbonyl (C=O) groups excluding carboxylic acids is 1. The number of benzene rings is 2. The van der Waals surface area contributed by atoms with E-state index in [0.717, 1.165) is 22.5 Å². The molecule has 4 nitrogen and oxygen atoms in total. The van der Waals surface area contributed by atoms with E-state index in [1.165, 1.54) is 12.1 Å². The maximum absolute atomic E-state index is 13.7. The molecule has 0 unspecified atom stereocenters. The molecule has 24 heavy (non-hydrogen) atoms. The second kappa shape index (κ2) is 6.66. The standard InChI is InChI=1S/C19H17FN2O2/c1-3-24-19(23)13-4-6-15(7-5-13)22-17-8-9-21-18-12(2)10-14(20)11-16(17)18/h4-11H,3H2,1-2H3,(H,21,22). The van der Waals surface area contributed by atoms with Gasteiger partial charge in [0.05, 0.1) is 17.7 Å². The lowest BCUT2D eigenvalue weighted by molar-refractivity contribution is 0.0526. The van der Waals surface area contributed by atoms with Crippen LogP contribution in [0.3, 0.4) is 0 Å². The molecule has 122 valence electrons. The van der Waals surface area contributed by atoms with Crippen LogP contribution in [-0.2, 0) is 4.74 Å². The summed E-state index contributed by atoms with van der Waals surface area (Å²) in [6, 6.07) is 11.7. The molecular formula is C19H17FN2O2.